The molecule has 0 aliphatic heterocycles. The first-order chi connectivity index (χ1) is 9.78. The highest BCUT2D eigenvalue weighted by Crippen LogP contribution is 2.29. The number of rotatable bonds is 5. The van der Waals surface area contributed by atoms with Crippen molar-refractivity contribution < 1.29 is 9.47 Å². The average molecular weight is 286 g/mol. The molecule has 0 spiro atoms. The average Bonchev–Trinajstić information content (AvgIpc) is 2.52. The molecule has 0 fully saturated rings. The molecule has 0 amide bonds. The molecule has 0 radical (unpaired) electrons. The molecular weight excluding hydrogens is 268 g/mol. The summed E-state index contributed by atoms with van der Waals surface area (Å²) in [4.78, 5) is 1.27. The van der Waals surface area contributed by atoms with Crippen LogP contribution in [0.1, 0.15) is 11.1 Å². The van der Waals surface area contributed by atoms with Gasteiger partial charge in [-0.05, 0) is 35.6 Å². The smallest absolute Gasteiger partial charge is 0.161 e. The third-order valence-electron chi connectivity index (χ3n) is 3.00. The fourth-order valence-corrected chi connectivity index (χ4v) is 2.53. The quantitative estimate of drug-likeness (QED) is 0.591. The topological polar surface area (TPSA) is 18.5 Å². The normalized spacial score (nSPS) is 10.8. The van der Waals surface area contributed by atoms with Gasteiger partial charge in [-0.15, -0.1) is 11.8 Å². The molecule has 2 aromatic rings. The predicted molar refractivity (Wildman–Crippen MR) is 86.7 cm³/mol. The first-order valence-electron chi connectivity index (χ1n) is 6.31. The van der Waals surface area contributed by atoms with Gasteiger partial charge in [0.2, 0.25) is 0 Å². The molecule has 0 saturated carbocycles. The molecule has 0 N–H and O–H groups in total. The lowest BCUT2D eigenvalue weighted by Crippen LogP contribution is -1.90. The fraction of sp³-hybridized carbons (Fsp3) is 0.176. The largest absolute Gasteiger partial charge is 0.493 e. The van der Waals surface area contributed by atoms with Crippen LogP contribution in [0, 0.1) is 0 Å². The van der Waals surface area contributed by atoms with Crippen LogP contribution in [0.25, 0.3) is 12.2 Å². The highest BCUT2D eigenvalue weighted by molar-refractivity contribution is 7.98. The van der Waals surface area contributed by atoms with Gasteiger partial charge in [0.15, 0.2) is 11.5 Å². The van der Waals surface area contributed by atoms with Crippen molar-refractivity contribution >= 4 is 23.9 Å². The van der Waals surface area contributed by atoms with E-state index in [1.165, 1.54) is 10.5 Å². The Kier molecular flexibility index (Phi) is 5.13. The summed E-state index contributed by atoms with van der Waals surface area (Å²) >= 11 is 1.75. The van der Waals surface area contributed by atoms with Gasteiger partial charge in [0.05, 0.1) is 14.2 Å². The minimum absolute atomic E-state index is 0.743. The number of methoxy groups -OCH3 is 2. The van der Waals surface area contributed by atoms with Gasteiger partial charge in [0, 0.05) is 4.90 Å². The Balaban J connectivity index is 2.27. The van der Waals surface area contributed by atoms with Crippen LogP contribution < -0.4 is 9.47 Å². The Hall–Kier alpha value is -1.87. The number of thioether (sulfide) groups is 1. The summed E-state index contributed by atoms with van der Waals surface area (Å²) in [6.45, 7) is 0. The first-order valence-corrected chi connectivity index (χ1v) is 7.54. The van der Waals surface area contributed by atoms with Crippen molar-refractivity contribution in [3.63, 3.8) is 0 Å². The van der Waals surface area contributed by atoms with Crippen LogP contribution >= 0.6 is 11.8 Å². The van der Waals surface area contributed by atoms with E-state index in [9.17, 15) is 0 Å². The SMILES string of the molecule is COc1ccc(C=Cc2ccccc2SC)cc1OC. The van der Waals surface area contributed by atoms with Crippen molar-refractivity contribution in [1.82, 2.24) is 0 Å². The van der Waals surface area contributed by atoms with Crippen LogP contribution in [-0.4, -0.2) is 20.5 Å². The predicted octanol–water partition coefficient (Wildman–Crippen LogP) is 4.60. The monoisotopic (exact) mass is 286 g/mol. The highest BCUT2D eigenvalue weighted by Gasteiger charge is 2.03. The Labute approximate surface area is 124 Å². The van der Waals surface area contributed by atoms with Crippen molar-refractivity contribution in [2.45, 2.75) is 4.90 Å². The molecule has 104 valence electrons. The van der Waals surface area contributed by atoms with Crippen molar-refractivity contribution in [1.29, 1.82) is 0 Å². The van der Waals surface area contributed by atoms with E-state index in [1.54, 1.807) is 26.0 Å². The molecule has 0 heterocycles. The lowest BCUT2D eigenvalue weighted by atomic mass is 10.1. The van der Waals surface area contributed by atoms with Crippen LogP contribution in [0.5, 0.6) is 11.5 Å². The van der Waals surface area contributed by atoms with E-state index in [2.05, 4.69) is 36.6 Å². The van der Waals surface area contributed by atoms with Crippen LogP contribution in [0.4, 0.5) is 0 Å². The third kappa shape index (κ3) is 3.36. The standard InChI is InChI=1S/C17H18O2S/c1-18-15-11-9-13(12-16(15)19-2)8-10-14-6-4-5-7-17(14)20-3/h4-12H,1-3H3. The first kappa shape index (κ1) is 14.5. The summed E-state index contributed by atoms with van der Waals surface area (Å²) in [5.74, 6) is 1.49. The van der Waals surface area contributed by atoms with Gasteiger partial charge in [-0.2, -0.15) is 0 Å². The van der Waals surface area contributed by atoms with E-state index >= 15 is 0 Å². The van der Waals surface area contributed by atoms with Crippen molar-refractivity contribution in [2.75, 3.05) is 20.5 Å². The van der Waals surface area contributed by atoms with Gasteiger partial charge in [-0.3, -0.25) is 0 Å². The molecule has 20 heavy (non-hydrogen) atoms. The van der Waals surface area contributed by atoms with Crippen molar-refractivity contribution in [3.05, 3.63) is 53.6 Å². The van der Waals surface area contributed by atoms with Crippen molar-refractivity contribution in [2.24, 2.45) is 0 Å². The molecule has 2 nitrogen and oxygen atoms in total. The Morgan fingerprint density at radius 2 is 1.65 bits per heavy atom. The van der Waals surface area contributed by atoms with Gasteiger partial charge >= 0.3 is 0 Å². The Morgan fingerprint density at radius 3 is 2.35 bits per heavy atom. The molecular formula is C17H18O2S. The maximum absolute atomic E-state index is 5.31. The molecule has 0 aliphatic rings. The molecule has 0 aromatic heterocycles. The summed E-state index contributed by atoms with van der Waals surface area (Å²) in [7, 11) is 3.29. The zero-order valence-electron chi connectivity index (χ0n) is 11.9. The van der Waals surface area contributed by atoms with Gasteiger partial charge in [-0.1, -0.05) is 36.4 Å². The number of hydrogen-bond acceptors (Lipinski definition) is 3. The third-order valence-corrected chi connectivity index (χ3v) is 3.81. The lowest BCUT2D eigenvalue weighted by molar-refractivity contribution is 0.355. The van der Waals surface area contributed by atoms with E-state index in [1.807, 2.05) is 24.3 Å². The Morgan fingerprint density at radius 1 is 0.900 bits per heavy atom. The van der Waals surface area contributed by atoms with E-state index in [-0.39, 0.29) is 0 Å². The summed E-state index contributed by atoms with van der Waals surface area (Å²) in [6.07, 6.45) is 6.28. The summed E-state index contributed by atoms with van der Waals surface area (Å²) in [5, 5.41) is 0. The second kappa shape index (κ2) is 7.06. The maximum Gasteiger partial charge on any atom is 0.161 e. The summed E-state index contributed by atoms with van der Waals surface area (Å²) in [6, 6.07) is 14.2. The zero-order chi connectivity index (χ0) is 14.4. The van der Waals surface area contributed by atoms with Gasteiger partial charge in [0.1, 0.15) is 0 Å². The zero-order valence-corrected chi connectivity index (χ0v) is 12.7. The fourth-order valence-electron chi connectivity index (χ4n) is 1.95. The number of benzene rings is 2. The van der Waals surface area contributed by atoms with E-state index in [0.717, 1.165) is 17.1 Å². The minimum Gasteiger partial charge on any atom is -0.493 e. The van der Waals surface area contributed by atoms with Crippen molar-refractivity contribution in [3.8, 4) is 11.5 Å². The Bertz CT molecular complexity index is 606. The lowest BCUT2D eigenvalue weighted by Gasteiger charge is -2.07. The minimum atomic E-state index is 0.743. The molecule has 3 heteroatoms. The molecule has 0 saturated heterocycles. The summed E-state index contributed by atoms with van der Waals surface area (Å²) < 4.78 is 10.5. The van der Waals surface area contributed by atoms with E-state index in [0.29, 0.717) is 0 Å². The summed E-state index contributed by atoms with van der Waals surface area (Å²) in [5.41, 5.74) is 2.30. The van der Waals surface area contributed by atoms with Crippen LogP contribution in [0.15, 0.2) is 47.4 Å². The molecule has 0 atom stereocenters. The van der Waals surface area contributed by atoms with Gasteiger partial charge in [-0.25, -0.2) is 0 Å². The number of hydrogen-bond donors (Lipinski definition) is 0. The second-order valence-electron chi connectivity index (χ2n) is 4.19. The van der Waals surface area contributed by atoms with E-state index in [4.69, 9.17) is 9.47 Å². The molecule has 0 bridgehead atoms. The molecule has 2 rings (SSSR count). The second-order valence-corrected chi connectivity index (χ2v) is 5.04. The number of ether oxygens (including phenoxy) is 2. The maximum atomic E-state index is 5.31. The molecule has 2 aromatic carbocycles. The van der Waals surface area contributed by atoms with E-state index < -0.39 is 0 Å². The van der Waals surface area contributed by atoms with Crippen LogP contribution in [0.2, 0.25) is 0 Å². The van der Waals surface area contributed by atoms with Crippen LogP contribution in [0.3, 0.4) is 0 Å². The molecule has 0 unspecified atom stereocenters. The molecule has 0 aliphatic carbocycles. The van der Waals surface area contributed by atoms with Gasteiger partial charge < -0.3 is 9.47 Å². The highest BCUT2D eigenvalue weighted by atomic mass is 32.2. The van der Waals surface area contributed by atoms with Crippen LogP contribution in [-0.2, 0) is 0 Å². The van der Waals surface area contributed by atoms with Gasteiger partial charge in [0.25, 0.3) is 0 Å².